The van der Waals surface area contributed by atoms with E-state index in [9.17, 15) is 4.79 Å². The summed E-state index contributed by atoms with van der Waals surface area (Å²) in [5.74, 6) is 0.0668. The van der Waals surface area contributed by atoms with E-state index in [1.165, 1.54) is 0 Å². The molecule has 0 aromatic heterocycles. The maximum atomic E-state index is 12.6. The van der Waals surface area contributed by atoms with Gasteiger partial charge in [0.2, 0.25) is 5.91 Å². The Balaban J connectivity index is 1.69. The molecule has 0 bridgehead atoms. The standard InChI is InChI=1S/C18H15BrN2O/c19-16-6-4-15(5-7-16)18(8-9-18)17(22)21-12-14-3-1-2-13(10-14)11-20/h1-7,10H,8-9,12H2,(H,21,22). The van der Waals surface area contributed by atoms with E-state index in [4.69, 9.17) is 5.26 Å². The van der Waals surface area contributed by atoms with Crippen LogP contribution in [0.1, 0.15) is 29.5 Å². The van der Waals surface area contributed by atoms with Gasteiger partial charge in [-0.25, -0.2) is 0 Å². The minimum Gasteiger partial charge on any atom is -0.351 e. The number of hydrogen-bond donors (Lipinski definition) is 1. The van der Waals surface area contributed by atoms with Gasteiger partial charge in [0.15, 0.2) is 0 Å². The Kier molecular flexibility index (Phi) is 4.00. The summed E-state index contributed by atoms with van der Waals surface area (Å²) >= 11 is 3.42. The summed E-state index contributed by atoms with van der Waals surface area (Å²) in [5, 5.41) is 11.9. The van der Waals surface area contributed by atoms with Crippen LogP contribution in [0.4, 0.5) is 0 Å². The molecule has 3 rings (SSSR count). The Morgan fingerprint density at radius 1 is 1.23 bits per heavy atom. The molecule has 0 aliphatic heterocycles. The van der Waals surface area contributed by atoms with Crippen molar-refractivity contribution in [2.75, 3.05) is 0 Å². The fraction of sp³-hybridized carbons (Fsp3) is 0.222. The van der Waals surface area contributed by atoms with Crippen LogP contribution in [-0.4, -0.2) is 5.91 Å². The van der Waals surface area contributed by atoms with E-state index in [1.807, 2.05) is 36.4 Å². The molecule has 1 aliphatic rings. The summed E-state index contributed by atoms with van der Waals surface area (Å²) < 4.78 is 1.01. The summed E-state index contributed by atoms with van der Waals surface area (Å²) in [5.41, 5.74) is 2.26. The lowest BCUT2D eigenvalue weighted by Gasteiger charge is -2.16. The van der Waals surface area contributed by atoms with Crippen molar-refractivity contribution in [3.63, 3.8) is 0 Å². The zero-order valence-corrected chi connectivity index (χ0v) is 13.6. The molecular formula is C18H15BrN2O. The second-order valence-corrected chi connectivity index (χ2v) is 6.50. The topological polar surface area (TPSA) is 52.9 Å². The number of benzene rings is 2. The average molecular weight is 355 g/mol. The number of carbonyl (C=O) groups is 1. The van der Waals surface area contributed by atoms with Crippen LogP contribution < -0.4 is 5.32 Å². The van der Waals surface area contributed by atoms with Crippen molar-refractivity contribution in [1.29, 1.82) is 5.26 Å². The zero-order valence-electron chi connectivity index (χ0n) is 12.0. The molecule has 2 aromatic rings. The summed E-state index contributed by atoms with van der Waals surface area (Å²) in [7, 11) is 0. The van der Waals surface area contributed by atoms with Gasteiger partial charge in [-0.15, -0.1) is 0 Å². The first-order valence-electron chi connectivity index (χ1n) is 7.17. The molecule has 1 aliphatic carbocycles. The lowest BCUT2D eigenvalue weighted by Crippen LogP contribution is -2.34. The largest absolute Gasteiger partial charge is 0.351 e. The highest BCUT2D eigenvalue weighted by atomic mass is 79.9. The molecule has 110 valence electrons. The predicted octanol–water partition coefficient (Wildman–Crippen LogP) is 3.67. The maximum absolute atomic E-state index is 12.6. The van der Waals surface area contributed by atoms with Gasteiger partial charge in [-0.2, -0.15) is 5.26 Å². The van der Waals surface area contributed by atoms with Gasteiger partial charge in [0.05, 0.1) is 17.0 Å². The van der Waals surface area contributed by atoms with E-state index in [-0.39, 0.29) is 11.3 Å². The number of nitriles is 1. The van der Waals surface area contributed by atoms with Crippen molar-refractivity contribution >= 4 is 21.8 Å². The number of rotatable bonds is 4. The van der Waals surface area contributed by atoms with E-state index in [0.29, 0.717) is 12.1 Å². The highest BCUT2D eigenvalue weighted by Gasteiger charge is 2.50. The summed E-state index contributed by atoms with van der Waals surface area (Å²) in [6.45, 7) is 0.451. The number of hydrogen-bond acceptors (Lipinski definition) is 2. The maximum Gasteiger partial charge on any atom is 0.230 e. The lowest BCUT2D eigenvalue weighted by molar-refractivity contribution is -0.123. The first kappa shape index (κ1) is 14.8. The molecule has 0 radical (unpaired) electrons. The number of halogens is 1. The van der Waals surface area contributed by atoms with Gasteiger partial charge in [0.1, 0.15) is 0 Å². The molecule has 0 saturated heterocycles. The lowest BCUT2D eigenvalue weighted by atomic mass is 9.95. The van der Waals surface area contributed by atoms with Crippen molar-refractivity contribution in [3.8, 4) is 6.07 Å². The van der Waals surface area contributed by atoms with Gasteiger partial charge in [-0.3, -0.25) is 4.79 Å². The fourth-order valence-corrected chi connectivity index (χ4v) is 2.91. The summed E-state index contributed by atoms with van der Waals surface area (Å²) in [4.78, 5) is 12.6. The van der Waals surface area contributed by atoms with E-state index in [0.717, 1.165) is 28.4 Å². The average Bonchev–Trinajstić information content (AvgIpc) is 3.35. The monoisotopic (exact) mass is 354 g/mol. The van der Waals surface area contributed by atoms with Crippen LogP contribution in [0.3, 0.4) is 0 Å². The van der Waals surface area contributed by atoms with Crippen LogP contribution in [0.15, 0.2) is 53.0 Å². The van der Waals surface area contributed by atoms with Crippen LogP contribution >= 0.6 is 15.9 Å². The number of nitrogens with one attached hydrogen (secondary N) is 1. The number of amides is 1. The second kappa shape index (κ2) is 5.94. The Labute approximate surface area is 138 Å². The molecule has 1 fully saturated rings. The third-order valence-electron chi connectivity index (χ3n) is 4.09. The van der Waals surface area contributed by atoms with Gasteiger partial charge in [0, 0.05) is 11.0 Å². The number of nitrogens with zero attached hydrogens (tertiary/aromatic N) is 1. The molecule has 0 atom stereocenters. The van der Waals surface area contributed by atoms with Gasteiger partial charge >= 0.3 is 0 Å². The molecule has 22 heavy (non-hydrogen) atoms. The predicted molar refractivity (Wildman–Crippen MR) is 88.1 cm³/mol. The molecule has 0 spiro atoms. The second-order valence-electron chi connectivity index (χ2n) is 5.58. The zero-order chi connectivity index (χ0) is 15.6. The Morgan fingerprint density at radius 2 is 1.95 bits per heavy atom. The molecule has 2 aromatic carbocycles. The van der Waals surface area contributed by atoms with E-state index < -0.39 is 0 Å². The van der Waals surface area contributed by atoms with Crippen LogP contribution in [0.2, 0.25) is 0 Å². The first-order valence-corrected chi connectivity index (χ1v) is 7.97. The van der Waals surface area contributed by atoms with Crippen molar-refractivity contribution in [3.05, 3.63) is 69.7 Å². The van der Waals surface area contributed by atoms with Crippen LogP contribution in [0.25, 0.3) is 0 Å². The third kappa shape index (κ3) is 2.90. The molecular weight excluding hydrogens is 340 g/mol. The van der Waals surface area contributed by atoms with E-state index >= 15 is 0 Å². The molecule has 1 N–H and O–H groups in total. The van der Waals surface area contributed by atoms with E-state index in [2.05, 4.69) is 27.3 Å². The summed E-state index contributed by atoms with van der Waals surface area (Å²) in [6.07, 6.45) is 1.78. The molecule has 0 unspecified atom stereocenters. The van der Waals surface area contributed by atoms with Crippen molar-refractivity contribution < 1.29 is 4.79 Å². The quantitative estimate of drug-likeness (QED) is 0.910. The Hall–Kier alpha value is -2.12. The fourth-order valence-electron chi connectivity index (χ4n) is 2.64. The highest BCUT2D eigenvalue weighted by molar-refractivity contribution is 9.10. The van der Waals surface area contributed by atoms with Crippen molar-refractivity contribution in [2.24, 2.45) is 0 Å². The first-order chi connectivity index (χ1) is 10.6. The Bertz CT molecular complexity index is 742. The Morgan fingerprint density at radius 3 is 2.59 bits per heavy atom. The van der Waals surface area contributed by atoms with Crippen molar-refractivity contribution in [1.82, 2.24) is 5.32 Å². The normalized spacial score (nSPS) is 14.9. The smallest absolute Gasteiger partial charge is 0.230 e. The van der Waals surface area contributed by atoms with Crippen LogP contribution in [0.5, 0.6) is 0 Å². The van der Waals surface area contributed by atoms with E-state index in [1.54, 1.807) is 12.1 Å². The van der Waals surface area contributed by atoms with Gasteiger partial charge in [-0.1, -0.05) is 40.2 Å². The molecule has 4 heteroatoms. The number of carbonyl (C=O) groups excluding carboxylic acids is 1. The van der Waals surface area contributed by atoms with Gasteiger partial charge in [-0.05, 0) is 48.2 Å². The van der Waals surface area contributed by atoms with Crippen LogP contribution in [0, 0.1) is 11.3 Å². The van der Waals surface area contributed by atoms with Crippen molar-refractivity contribution in [2.45, 2.75) is 24.8 Å². The minimum atomic E-state index is -0.368. The minimum absolute atomic E-state index is 0.0668. The molecule has 1 saturated carbocycles. The van der Waals surface area contributed by atoms with Gasteiger partial charge < -0.3 is 5.32 Å². The van der Waals surface area contributed by atoms with Crippen LogP contribution in [-0.2, 0) is 16.8 Å². The SMILES string of the molecule is N#Cc1cccc(CNC(=O)C2(c3ccc(Br)cc3)CC2)c1. The third-order valence-corrected chi connectivity index (χ3v) is 4.62. The molecule has 0 heterocycles. The molecule has 1 amide bonds. The highest BCUT2D eigenvalue weighted by Crippen LogP contribution is 2.48. The summed E-state index contributed by atoms with van der Waals surface area (Å²) in [6, 6.07) is 17.4. The molecule has 3 nitrogen and oxygen atoms in total. The van der Waals surface area contributed by atoms with Gasteiger partial charge in [0.25, 0.3) is 0 Å².